The highest BCUT2D eigenvalue weighted by Crippen LogP contribution is 2.22. The van der Waals surface area contributed by atoms with Gasteiger partial charge in [0, 0.05) is 5.56 Å². The predicted octanol–water partition coefficient (Wildman–Crippen LogP) is 1.40. The van der Waals surface area contributed by atoms with Gasteiger partial charge in [0.15, 0.2) is 5.69 Å². The topological polar surface area (TPSA) is 110 Å². The number of hydrogen-bond acceptors (Lipinski definition) is 5. The SMILES string of the molecule is Cc1noc(C)c1C(C)NC(=O)c1n[nH]c(C)c1N. The summed E-state index contributed by atoms with van der Waals surface area (Å²) >= 11 is 0. The van der Waals surface area contributed by atoms with Crippen LogP contribution in [0.2, 0.25) is 0 Å². The van der Waals surface area contributed by atoms with E-state index >= 15 is 0 Å². The number of anilines is 1. The van der Waals surface area contributed by atoms with E-state index in [1.165, 1.54) is 0 Å². The summed E-state index contributed by atoms with van der Waals surface area (Å²) in [4.78, 5) is 12.1. The van der Waals surface area contributed by atoms with E-state index in [4.69, 9.17) is 10.3 Å². The van der Waals surface area contributed by atoms with Crippen molar-refractivity contribution in [2.45, 2.75) is 33.7 Å². The van der Waals surface area contributed by atoms with Gasteiger partial charge < -0.3 is 15.6 Å². The first-order valence-corrected chi connectivity index (χ1v) is 5.96. The number of aromatic nitrogens is 3. The number of carbonyl (C=O) groups is 1. The average molecular weight is 263 g/mol. The second-order valence-corrected chi connectivity index (χ2v) is 4.54. The Hall–Kier alpha value is -2.31. The van der Waals surface area contributed by atoms with Crippen molar-refractivity contribution in [3.05, 3.63) is 28.4 Å². The van der Waals surface area contributed by atoms with Gasteiger partial charge >= 0.3 is 0 Å². The molecule has 1 amide bonds. The number of hydrogen-bond donors (Lipinski definition) is 3. The van der Waals surface area contributed by atoms with Gasteiger partial charge in [0.25, 0.3) is 5.91 Å². The van der Waals surface area contributed by atoms with E-state index in [0.29, 0.717) is 17.1 Å². The molecule has 0 aliphatic heterocycles. The van der Waals surface area contributed by atoms with E-state index < -0.39 is 0 Å². The number of nitrogens with one attached hydrogen (secondary N) is 2. The zero-order valence-electron chi connectivity index (χ0n) is 11.4. The largest absolute Gasteiger partial charge is 0.395 e. The van der Waals surface area contributed by atoms with E-state index in [9.17, 15) is 4.79 Å². The number of amides is 1. The van der Waals surface area contributed by atoms with Crippen molar-refractivity contribution >= 4 is 11.6 Å². The van der Waals surface area contributed by atoms with Crippen molar-refractivity contribution in [3.63, 3.8) is 0 Å². The summed E-state index contributed by atoms with van der Waals surface area (Å²) in [5.74, 6) is 0.367. The quantitative estimate of drug-likeness (QED) is 0.775. The average Bonchev–Trinajstić information content (AvgIpc) is 2.84. The van der Waals surface area contributed by atoms with Gasteiger partial charge in [-0.15, -0.1) is 0 Å². The summed E-state index contributed by atoms with van der Waals surface area (Å²) in [7, 11) is 0. The molecule has 7 nitrogen and oxygen atoms in total. The van der Waals surface area contributed by atoms with Gasteiger partial charge in [-0.1, -0.05) is 5.16 Å². The Morgan fingerprint density at radius 3 is 2.58 bits per heavy atom. The maximum Gasteiger partial charge on any atom is 0.274 e. The third kappa shape index (κ3) is 2.31. The summed E-state index contributed by atoms with van der Waals surface area (Å²) in [6.07, 6.45) is 0. The van der Waals surface area contributed by atoms with E-state index in [-0.39, 0.29) is 17.6 Å². The van der Waals surface area contributed by atoms with Gasteiger partial charge in [-0.25, -0.2) is 0 Å². The molecule has 0 saturated heterocycles. The summed E-state index contributed by atoms with van der Waals surface area (Å²) in [5.41, 5.74) is 8.65. The third-order valence-corrected chi connectivity index (χ3v) is 3.08. The molecule has 102 valence electrons. The molecule has 7 heteroatoms. The van der Waals surface area contributed by atoms with E-state index in [1.54, 1.807) is 6.92 Å². The predicted molar refractivity (Wildman–Crippen MR) is 69.6 cm³/mol. The van der Waals surface area contributed by atoms with Crippen LogP contribution in [0.15, 0.2) is 4.52 Å². The Balaban J connectivity index is 2.18. The van der Waals surface area contributed by atoms with Crippen LogP contribution in [0, 0.1) is 20.8 Å². The number of rotatable bonds is 3. The Morgan fingerprint density at radius 2 is 2.11 bits per heavy atom. The molecule has 2 rings (SSSR count). The van der Waals surface area contributed by atoms with Crippen LogP contribution >= 0.6 is 0 Å². The molecule has 0 bridgehead atoms. The maximum atomic E-state index is 12.1. The molecule has 0 spiro atoms. The fourth-order valence-electron chi connectivity index (χ4n) is 2.06. The fourth-order valence-corrected chi connectivity index (χ4v) is 2.06. The molecule has 0 aromatic carbocycles. The van der Waals surface area contributed by atoms with Crippen molar-refractivity contribution in [2.75, 3.05) is 5.73 Å². The first-order valence-electron chi connectivity index (χ1n) is 5.96. The maximum absolute atomic E-state index is 12.1. The van der Waals surface area contributed by atoms with E-state index in [1.807, 2.05) is 20.8 Å². The number of nitrogens with two attached hydrogens (primary N) is 1. The normalized spacial score (nSPS) is 12.4. The molecular formula is C12H17N5O2. The lowest BCUT2D eigenvalue weighted by Gasteiger charge is -2.12. The number of nitrogen functional groups attached to an aromatic ring is 1. The van der Waals surface area contributed by atoms with Gasteiger partial charge in [-0.3, -0.25) is 9.89 Å². The molecule has 1 unspecified atom stereocenters. The van der Waals surface area contributed by atoms with Crippen LogP contribution < -0.4 is 11.1 Å². The highest BCUT2D eigenvalue weighted by molar-refractivity contribution is 5.97. The molecule has 4 N–H and O–H groups in total. The molecule has 2 aromatic heterocycles. The minimum Gasteiger partial charge on any atom is -0.395 e. The highest BCUT2D eigenvalue weighted by atomic mass is 16.5. The first-order chi connectivity index (χ1) is 8.91. The Labute approximate surface area is 110 Å². The van der Waals surface area contributed by atoms with Gasteiger partial charge in [0.1, 0.15) is 5.76 Å². The smallest absolute Gasteiger partial charge is 0.274 e. The molecule has 1 atom stereocenters. The third-order valence-electron chi connectivity index (χ3n) is 3.08. The standard InChI is InChI=1S/C12H17N5O2/c1-5(9-6(2)17-19-8(9)4)14-12(18)11-10(13)7(3)15-16-11/h5H,13H2,1-4H3,(H,14,18)(H,15,16). The van der Waals surface area contributed by atoms with Crippen molar-refractivity contribution in [3.8, 4) is 0 Å². The number of aromatic amines is 1. The molecule has 2 heterocycles. The number of nitrogens with zero attached hydrogens (tertiary/aromatic N) is 2. The van der Waals surface area contributed by atoms with Crippen molar-refractivity contribution in [1.82, 2.24) is 20.7 Å². The van der Waals surface area contributed by atoms with Crippen molar-refractivity contribution in [1.29, 1.82) is 0 Å². The second-order valence-electron chi connectivity index (χ2n) is 4.54. The zero-order valence-corrected chi connectivity index (χ0v) is 11.4. The van der Waals surface area contributed by atoms with Gasteiger partial charge in [-0.05, 0) is 27.7 Å². The summed E-state index contributed by atoms with van der Waals surface area (Å²) in [6.45, 7) is 7.27. The van der Waals surface area contributed by atoms with E-state index in [0.717, 1.165) is 11.3 Å². The van der Waals surface area contributed by atoms with Crippen LogP contribution in [0.25, 0.3) is 0 Å². The fraction of sp³-hybridized carbons (Fsp3) is 0.417. The van der Waals surface area contributed by atoms with Gasteiger partial charge in [-0.2, -0.15) is 5.10 Å². The van der Waals surface area contributed by atoms with Crippen LogP contribution in [-0.4, -0.2) is 21.3 Å². The summed E-state index contributed by atoms with van der Waals surface area (Å²) in [6, 6.07) is -0.227. The Kier molecular flexibility index (Phi) is 3.28. The summed E-state index contributed by atoms with van der Waals surface area (Å²) in [5, 5.41) is 13.3. The highest BCUT2D eigenvalue weighted by Gasteiger charge is 2.21. The minimum absolute atomic E-state index is 0.205. The second kappa shape index (κ2) is 4.75. The van der Waals surface area contributed by atoms with Crippen LogP contribution in [0.1, 0.15) is 46.2 Å². The molecule has 19 heavy (non-hydrogen) atoms. The van der Waals surface area contributed by atoms with Crippen LogP contribution in [0.3, 0.4) is 0 Å². The van der Waals surface area contributed by atoms with Crippen LogP contribution in [-0.2, 0) is 0 Å². The first kappa shape index (κ1) is 13.1. The molecule has 0 saturated carbocycles. The minimum atomic E-state index is -0.325. The number of carbonyl (C=O) groups excluding carboxylic acids is 1. The molecule has 0 fully saturated rings. The Morgan fingerprint density at radius 1 is 1.42 bits per heavy atom. The number of H-pyrrole nitrogens is 1. The Bertz CT molecular complexity index is 594. The van der Waals surface area contributed by atoms with Gasteiger partial charge in [0.2, 0.25) is 0 Å². The monoisotopic (exact) mass is 263 g/mol. The molecule has 0 aliphatic carbocycles. The zero-order chi connectivity index (χ0) is 14.2. The van der Waals surface area contributed by atoms with Crippen molar-refractivity contribution in [2.24, 2.45) is 0 Å². The number of aryl methyl sites for hydroxylation is 3. The lowest BCUT2D eigenvalue weighted by molar-refractivity contribution is 0.0935. The van der Waals surface area contributed by atoms with Crippen LogP contribution in [0.5, 0.6) is 0 Å². The van der Waals surface area contributed by atoms with Gasteiger partial charge in [0.05, 0.1) is 23.1 Å². The van der Waals surface area contributed by atoms with Crippen molar-refractivity contribution < 1.29 is 9.32 Å². The molecule has 0 radical (unpaired) electrons. The summed E-state index contributed by atoms with van der Waals surface area (Å²) < 4.78 is 5.08. The lowest BCUT2D eigenvalue weighted by Crippen LogP contribution is -2.28. The van der Waals surface area contributed by atoms with E-state index in [2.05, 4.69) is 20.7 Å². The van der Waals surface area contributed by atoms with Crippen LogP contribution in [0.4, 0.5) is 5.69 Å². The molecular weight excluding hydrogens is 246 g/mol. The molecule has 2 aromatic rings. The lowest BCUT2D eigenvalue weighted by atomic mass is 10.1. The molecule has 0 aliphatic rings.